The van der Waals surface area contributed by atoms with Gasteiger partial charge in [-0.25, -0.2) is 0 Å². The molecule has 6 nitrogen and oxygen atoms in total. The molecule has 1 saturated heterocycles. The maximum Gasteiger partial charge on any atom is 0.368 e. The van der Waals surface area contributed by atoms with Crippen LogP contribution >= 0.6 is 0 Å². The first-order valence-corrected chi connectivity index (χ1v) is 5.30. The number of aromatic nitrogens is 3. The van der Waals surface area contributed by atoms with Gasteiger partial charge in [-0.3, -0.25) is 0 Å². The lowest BCUT2D eigenvalue weighted by Gasteiger charge is -2.24. The summed E-state index contributed by atoms with van der Waals surface area (Å²) in [5, 5.41) is 6.25. The summed E-state index contributed by atoms with van der Waals surface area (Å²) in [6.45, 7) is 0.941. The predicted octanol–water partition coefficient (Wildman–Crippen LogP) is -0.413. The van der Waals surface area contributed by atoms with Gasteiger partial charge in [0.2, 0.25) is 0 Å². The van der Waals surface area contributed by atoms with Crippen LogP contribution in [0.4, 0.5) is 3.89 Å². The van der Waals surface area contributed by atoms with E-state index in [0.717, 1.165) is 4.57 Å². The Morgan fingerprint density at radius 3 is 2.50 bits per heavy atom. The lowest BCUT2D eigenvalue weighted by atomic mass is 10.1. The highest BCUT2D eigenvalue weighted by Gasteiger charge is 2.29. The van der Waals surface area contributed by atoms with Crippen LogP contribution in [0.2, 0.25) is 0 Å². The molecule has 1 aromatic heterocycles. The van der Waals surface area contributed by atoms with Crippen LogP contribution in [-0.4, -0.2) is 36.4 Å². The van der Waals surface area contributed by atoms with Gasteiger partial charge in [0.25, 0.3) is 5.16 Å². The molecule has 0 unspecified atom stereocenters. The van der Waals surface area contributed by atoms with E-state index in [1.807, 2.05) is 0 Å². The highest BCUT2D eigenvalue weighted by atomic mass is 32.3. The molecule has 0 amide bonds. The molecule has 0 aromatic carbocycles. The molecule has 0 radical (unpaired) electrons. The standard InChI is InChI=1S/C6H8FN3O3S/c1-10-5(4-2-13-3-4)8-9-6(10)14(7,11)12/h4H,2-3H2,1H3. The van der Waals surface area contributed by atoms with Crippen LogP contribution in [0.1, 0.15) is 11.7 Å². The second kappa shape index (κ2) is 2.99. The average Bonchev–Trinajstić information content (AvgIpc) is 2.28. The number of halogens is 1. The van der Waals surface area contributed by atoms with Crippen LogP contribution in [-0.2, 0) is 22.0 Å². The van der Waals surface area contributed by atoms with E-state index >= 15 is 0 Å². The fraction of sp³-hybridized carbons (Fsp3) is 0.667. The van der Waals surface area contributed by atoms with Gasteiger partial charge >= 0.3 is 10.2 Å². The maximum atomic E-state index is 12.6. The van der Waals surface area contributed by atoms with Crippen LogP contribution in [0.3, 0.4) is 0 Å². The average molecular weight is 221 g/mol. The minimum absolute atomic E-state index is 0.0167. The normalized spacial score (nSPS) is 18.1. The molecule has 2 rings (SSSR count). The van der Waals surface area contributed by atoms with Crippen molar-refractivity contribution in [3.8, 4) is 0 Å². The summed E-state index contributed by atoms with van der Waals surface area (Å²) < 4.78 is 39.8. The molecule has 0 aliphatic carbocycles. The van der Waals surface area contributed by atoms with E-state index in [1.165, 1.54) is 7.05 Å². The fourth-order valence-electron chi connectivity index (χ4n) is 1.28. The zero-order valence-corrected chi connectivity index (χ0v) is 8.16. The largest absolute Gasteiger partial charge is 0.380 e. The summed E-state index contributed by atoms with van der Waals surface area (Å²) in [5.41, 5.74) is 0. The Morgan fingerprint density at radius 2 is 2.14 bits per heavy atom. The topological polar surface area (TPSA) is 74.1 Å². The Hall–Kier alpha value is -1.02. The minimum atomic E-state index is -4.78. The molecular formula is C6H8FN3O3S. The van der Waals surface area contributed by atoms with Gasteiger partial charge in [-0.2, -0.15) is 8.42 Å². The van der Waals surface area contributed by atoms with Crippen molar-refractivity contribution in [2.75, 3.05) is 13.2 Å². The summed E-state index contributed by atoms with van der Waals surface area (Å²) in [6, 6.07) is 0. The number of hydrogen-bond acceptors (Lipinski definition) is 5. The summed E-state index contributed by atoms with van der Waals surface area (Å²) >= 11 is 0. The van der Waals surface area contributed by atoms with Gasteiger partial charge in [-0.15, -0.1) is 10.2 Å². The van der Waals surface area contributed by atoms with E-state index in [2.05, 4.69) is 10.2 Å². The van der Waals surface area contributed by atoms with Crippen LogP contribution < -0.4 is 0 Å². The summed E-state index contributed by atoms with van der Waals surface area (Å²) in [4.78, 5) is 0. The smallest absolute Gasteiger partial charge is 0.368 e. The molecule has 0 saturated carbocycles. The van der Waals surface area contributed by atoms with Crippen molar-refractivity contribution >= 4 is 10.2 Å². The van der Waals surface area contributed by atoms with E-state index < -0.39 is 15.4 Å². The molecule has 2 heterocycles. The second-order valence-corrected chi connectivity index (χ2v) is 4.31. The van der Waals surface area contributed by atoms with E-state index in [0.29, 0.717) is 19.0 Å². The van der Waals surface area contributed by atoms with Crippen molar-refractivity contribution in [3.05, 3.63) is 5.82 Å². The Labute approximate surface area is 79.9 Å². The molecule has 1 aliphatic rings. The second-order valence-electron chi connectivity index (χ2n) is 3.07. The molecule has 1 fully saturated rings. The molecule has 1 aliphatic heterocycles. The van der Waals surface area contributed by atoms with Crippen molar-refractivity contribution in [3.63, 3.8) is 0 Å². The lowest BCUT2D eigenvalue weighted by molar-refractivity contribution is 0.00347. The molecule has 8 heteroatoms. The predicted molar refractivity (Wildman–Crippen MR) is 42.9 cm³/mol. The Bertz CT molecular complexity index is 451. The molecule has 78 valence electrons. The van der Waals surface area contributed by atoms with Crippen LogP contribution in [0, 0.1) is 0 Å². The lowest BCUT2D eigenvalue weighted by Crippen LogP contribution is -2.28. The van der Waals surface area contributed by atoms with Crippen LogP contribution in [0.15, 0.2) is 5.16 Å². The highest BCUT2D eigenvalue weighted by molar-refractivity contribution is 7.86. The van der Waals surface area contributed by atoms with Gasteiger partial charge in [-0.05, 0) is 0 Å². The molecule has 1 aromatic rings. The first-order chi connectivity index (χ1) is 6.50. The Morgan fingerprint density at radius 1 is 1.50 bits per heavy atom. The molecule has 0 atom stereocenters. The van der Waals surface area contributed by atoms with Gasteiger partial charge in [-0.1, -0.05) is 3.89 Å². The van der Waals surface area contributed by atoms with Crippen LogP contribution in [0.25, 0.3) is 0 Å². The van der Waals surface area contributed by atoms with Gasteiger partial charge in [0.05, 0.1) is 19.1 Å². The molecular weight excluding hydrogens is 213 g/mol. The molecule has 14 heavy (non-hydrogen) atoms. The molecule has 0 N–H and O–H groups in total. The van der Waals surface area contributed by atoms with Crippen molar-refractivity contribution < 1.29 is 17.0 Å². The summed E-state index contributed by atoms with van der Waals surface area (Å²) in [6.07, 6.45) is 0. The zero-order chi connectivity index (χ0) is 10.3. The van der Waals surface area contributed by atoms with E-state index in [-0.39, 0.29) is 5.92 Å². The number of hydrogen-bond donors (Lipinski definition) is 0. The third-order valence-electron chi connectivity index (χ3n) is 2.09. The van der Waals surface area contributed by atoms with Crippen molar-refractivity contribution in [1.29, 1.82) is 0 Å². The maximum absolute atomic E-state index is 12.6. The van der Waals surface area contributed by atoms with Gasteiger partial charge < -0.3 is 9.30 Å². The number of nitrogens with zero attached hydrogens (tertiary/aromatic N) is 3. The zero-order valence-electron chi connectivity index (χ0n) is 7.34. The Kier molecular flexibility index (Phi) is 2.04. The monoisotopic (exact) mass is 221 g/mol. The van der Waals surface area contributed by atoms with Crippen LogP contribution in [0.5, 0.6) is 0 Å². The first kappa shape index (κ1) is 9.53. The number of rotatable bonds is 2. The van der Waals surface area contributed by atoms with E-state index in [9.17, 15) is 12.3 Å². The molecule has 0 spiro atoms. The Balaban J connectivity index is 2.42. The highest BCUT2D eigenvalue weighted by Crippen LogP contribution is 2.23. The summed E-state index contributed by atoms with van der Waals surface area (Å²) in [5.74, 6) is 0.454. The third kappa shape index (κ3) is 1.40. The third-order valence-corrected chi connectivity index (χ3v) is 2.88. The first-order valence-electron chi connectivity index (χ1n) is 3.92. The molecule has 0 bridgehead atoms. The van der Waals surface area contributed by atoms with E-state index in [4.69, 9.17) is 4.74 Å². The van der Waals surface area contributed by atoms with Crippen molar-refractivity contribution in [2.45, 2.75) is 11.1 Å². The van der Waals surface area contributed by atoms with Crippen molar-refractivity contribution in [1.82, 2.24) is 14.8 Å². The SMILES string of the molecule is Cn1c(C2COC2)nnc1S(=O)(=O)F. The quantitative estimate of drug-likeness (QED) is 0.634. The minimum Gasteiger partial charge on any atom is -0.380 e. The van der Waals surface area contributed by atoms with E-state index in [1.54, 1.807) is 0 Å². The van der Waals surface area contributed by atoms with Gasteiger partial charge in [0, 0.05) is 7.05 Å². The number of ether oxygens (including phenoxy) is 1. The van der Waals surface area contributed by atoms with Crippen molar-refractivity contribution in [2.24, 2.45) is 7.05 Å². The summed E-state index contributed by atoms with van der Waals surface area (Å²) in [7, 11) is -3.36. The fourth-order valence-corrected chi connectivity index (χ4v) is 1.84. The van der Waals surface area contributed by atoms with Gasteiger partial charge in [0.1, 0.15) is 5.82 Å². The van der Waals surface area contributed by atoms with Gasteiger partial charge in [0.15, 0.2) is 0 Å².